The van der Waals surface area contributed by atoms with Crippen molar-refractivity contribution in [1.29, 1.82) is 0 Å². The Balaban J connectivity index is -0.000000307. The first kappa shape index (κ1) is 59.4. The average molecular weight is 760 g/mol. The molecule has 0 aliphatic heterocycles. The van der Waals surface area contributed by atoms with Gasteiger partial charge in [-0.1, -0.05) is 109 Å². The van der Waals surface area contributed by atoms with Crippen molar-refractivity contribution in [1.82, 2.24) is 36.8 Å². The first-order valence-corrected chi connectivity index (χ1v) is 22.5. The monoisotopic (exact) mass is 760 g/mol. The molecule has 0 bridgehead atoms. The van der Waals surface area contributed by atoms with Crippen molar-refractivity contribution >= 4 is 0 Å². The topological polar surface area (TPSA) is 75.4 Å². The number of nitrogens with zero attached hydrogens (tertiary/aromatic N) is 2. The summed E-state index contributed by atoms with van der Waals surface area (Å²) in [6, 6.07) is 1.27. The molecule has 0 aliphatic carbocycles. The standard InChI is InChI=1S/C15H34N2.2C11H26N2.C8H21N2/c1-14(2)12-16-10-8-6-5-7-9-11-17-13-15(3)4;1-10(2)8-12-6-5-7-13-9-11(3)4;1-10(2)12-8-6-5-7-9-13-11(3)4;1-9(2)7-6-8-10(3,4)5/h14-17H,5-13H2,1-4H3;2*10-13H,5-9H2,1-4H3;6-8H2,1-5H3/q;;;+1. The molecule has 326 valence electrons. The molecule has 0 amide bonds. The highest BCUT2D eigenvalue weighted by molar-refractivity contribution is 4.58. The van der Waals surface area contributed by atoms with Crippen LogP contribution in [0, 0.1) is 23.7 Å². The van der Waals surface area contributed by atoms with E-state index in [1.807, 2.05) is 0 Å². The molecule has 0 radical (unpaired) electrons. The van der Waals surface area contributed by atoms with Crippen molar-refractivity contribution in [2.75, 3.05) is 114 Å². The van der Waals surface area contributed by atoms with Crippen molar-refractivity contribution in [3.8, 4) is 0 Å². The minimum absolute atomic E-state index is 0.633. The normalized spacial score (nSPS) is 11.8. The Bertz CT molecular complexity index is 579. The van der Waals surface area contributed by atoms with Crippen LogP contribution >= 0.6 is 0 Å². The second kappa shape index (κ2) is 44.4. The first-order valence-electron chi connectivity index (χ1n) is 22.5. The number of hydrogen-bond donors (Lipinski definition) is 6. The van der Waals surface area contributed by atoms with Gasteiger partial charge in [0.05, 0.1) is 27.7 Å². The SMILES string of the molecule is CC(C)CNCCCCCCCNCC(C)C.CC(C)CNCCCNCC(C)C.CC(C)NCCCCCNC(C)C.CN(C)CCC[N+](C)(C)C. The summed E-state index contributed by atoms with van der Waals surface area (Å²) in [5.41, 5.74) is 0. The third-order valence-corrected chi connectivity index (χ3v) is 8.02. The van der Waals surface area contributed by atoms with Gasteiger partial charge in [0.2, 0.25) is 0 Å². The highest BCUT2D eigenvalue weighted by Crippen LogP contribution is 2.02. The van der Waals surface area contributed by atoms with Crippen LogP contribution in [0.2, 0.25) is 0 Å². The summed E-state index contributed by atoms with van der Waals surface area (Å²) in [4.78, 5) is 2.23. The van der Waals surface area contributed by atoms with Gasteiger partial charge in [-0.2, -0.15) is 0 Å². The number of unbranched alkanes of at least 4 members (excludes halogenated alkanes) is 6. The summed E-state index contributed by atoms with van der Waals surface area (Å²) < 4.78 is 1.08. The van der Waals surface area contributed by atoms with Crippen LogP contribution in [0.5, 0.6) is 0 Å². The van der Waals surface area contributed by atoms with Crippen LogP contribution in [-0.2, 0) is 0 Å². The van der Waals surface area contributed by atoms with E-state index in [4.69, 9.17) is 0 Å². The summed E-state index contributed by atoms with van der Waals surface area (Å²) in [5, 5.41) is 20.7. The molecule has 0 aromatic carbocycles. The Labute approximate surface area is 337 Å². The predicted molar refractivity (Wildman–Crippen MR) is 245 cm³/mol. The fraction of sp³-hybridized carbons (Fsp3) is 1.00. The summed E-state index contributed by atoms with van der Waals surface area (Å²) in [6.07, 6.45) is 13.3. The quantitative estimate of drug-likeness (QED) is 0.0306. The van der Waals surface area contributed by atoms with Crippen LogP contribution in [0.4, 0.5) is 0 Å². The molecule has 0 atom stereocenters. The van der Waals surface area contributed by atoms with Crippen molar-refractivity contribution < 1.29 is 4.48 Å². The van der Waals surface area contributed by atoms with Gasteiger partial charge in [0.1, 0.15) is 0 Å². The van der Waals surface area contributed by atoms with Gasteiger partial charge in [-0.15, -0.1) is 0 Å². The molecule has 0 saturated carbocycles. The van der Waals surface area contributed by atoms with Crippen molar-refractivity contribution in [3.63, 3.8) is 0 Å². The molecule has 0 aromatic rings. The van der Waals surface area contributed by atoms with E-state index >= 15 is 0 Å². The summed E-state index contributed by atoms with van der Waals surface area (Å²) in [7, 11) is 10.9. The van der Waals surface area contributed by atoms with Crippen molar-refractivity contribution in [2.45, 2.75) is 159 Å². The maximum Gasteiger partial charge on any atom is 0.0792 e. The molecular formula is C45H107N8+. The lowest BCUT2D eigenvalue weighted by Gasteiger charge is -2.24. The Kier molecular flexibility index (Phi) is 49.7. The van der Waals surface area contributed by atoms with E-state index in [2.05, 4.69) is 155 Å². The van der Waals surface area contributed by atoms with E-state index < -0.39 is 0 Å². The molecule has 0 spiro atoms. The van der Waals surface area contributed by atoms with Gasteiger partial charge in [0, 0.05) is 25.0 Å². The molecule has 0 unspecified atom stereocenters. The van der Waals surface area contributed by atoms with Crippen LogP contribution < -0.4 is 31.9 Å². The van der Waals surface area contributed by atoms with Crippen LogP contribution in [0.1, 0.15) is 147 Å². The number of hydrogen-bond acceptors (Lipinski definition) is 7. The molecule has 0 aromatic heterocycles. The van der Waals surface area contributed by atoms with Gasteiger partial charge in [0.25, 0.3) is 0 Å². The van der Waals surface area contributed by atoms with E-state index in [0.717, 1.165) is 54.3 Å². The Hall–Kier alpha value is -0.320. The van der Waals surface area contributed by atoms with Gasteiger partial charge in [-0.3, -0.25) is 0 Å². The van der Waals surface area contributed by atoms with E-state index in [-0.39, 0.29) is 0 Å². The molecule has 0 heterocycles. The number of nitrogens with one attached hydrogen (secondary N) is 6. The van der Waals surface area contributed by atoms with Gasteiger partial charge in [-0.05, 0) is 135 Å². The minimum Gasteiger partial charge on any atom is -0.331 e. The molecule has 0 rings (SSSR count). The van der Waals surface area contributed by atoms with Crippen LogP contribution in [-0.4, -0.2) is 135 Å². The molecule has 0 fully saturated rings. The largest absolute Gasteiger partial charge is 0.331 e. The average Bonchev–Trinajstić information content (AvgIpc) is 3.02. The lowest BCUT2D eigenvalue weighted by atomic mass is 10.1. The molecular weight excluding hydrogens is 653 g/mol. The summed E-state index contributed by atoms with van der Waals surface area (Å²) >= 11 is 0. The van der Waals surface area contributed by atoms with E-state index in [1.54, 1.807) is 0 Å². The van der Waals surface area contributed by atoms with Gasteiger partial charge in [-0.25, -0.2) is 0 Å². The molecule has 0 aliphatic rings. The second-order valence-corrected chi connectivity index (χ2v) is 19.0. The number of quaternary nitrogens is 1. The molecule has 0 saturated heterocycles. The first-order chi connectivity index (χ1) is 24.8. The van der Waals surface area contributed by atoms with Crippen LogP contribution in [0.3, 0.4) is 0 Å². The zero-order valence-electron chi connectivity index (χ0n) is 39.9. The summed E-state index contributed by atoms with van der Waals surface area (Å²) in [5.74, 6) is 3.09. The predicted octanol–water partition coefficient (Wildman–Crippen LogP) is 8.09. The highest BCUT2D eigenvalue weighted by Gasteiger charge is 2.05. The minimum atomic E-state index is 0.633. The maximum atomic E-state index is 3.50. The maximum absolute atomic E-state index is 3.50. The van der Waals surface area contributed by atoms with E-state index in [0.29, 0.717) is 12.1 Å². The van der Waals surface area contributed by atoms with Gasteiger partial charge < -0.3 is 41.3 Å². The zero-order valence-corrected chi connectivity index (χ0v) is 39.9. The van der Waals surface area contributed by atoms with Gasteiger partial charge >= 0.3 is 0 Å². The smallest absolute Gasteiger partial charge is 0.0792 e. The highest BCUT2D eigenvalue weighted by atomic mass is 15.3. The molecule has 8 heteroatoms. The van der Waals surface area contributed by atoms with Crippen LogP contribution in [0.25, 0.3) is 0 Å². The third-order valence-electron chi connectivity index (χ3n) is 8.02. The fourth-order valence-corrected chi connectivity index (χ4v) is 5.00. The second-order valence-electron chi connectivity index (χ2n) is 19.0. The lowest BCUT2D eigenvalue weighted by molar-refractivity contribution is -0.870. The Morgan fingerprint density at radius 1 is 0.377 bits per heavy atom. The van der Waals surface area contributed by atoms with E-state index in [9.17, 15) is 0 Å². The number of rotatable bonds is 32. The third kappa shape index (κ3) is 77.1. The molecule has 53 heavy (non-hydrogen) atoms. The fourth-order valence-electron chi connectivity index (χ4n) is 5.00. The molecule has 6 N–H and O–H groups in total. The van der Waals surface area contributed by atoms with E-state index in [1.165, 1.54) is 117 Å². The van der Waals surface area contributed by atoms with Gasteiger partial charge in [0.15, 0.2) is 0 Å². The van der Waals surface area contributed by atoms with Crippen molar-refractivity contribution in [3.05, 3.63) is 0 Å². The van der Waals surface area contributed by atoms with Crippen LogP contribution in [0.15, 0.2) is 0 Å². The molecule has 8 nitrogen and oxygen atoms in total. The zero-order chi connectivity index (χ0) is 41.3. The Morgan fingerprint density at radius 3 is 0.943 bits per heavy atom. The summed E-state index contributed by atoms with van der Waals surface area (Å²) in [6.45, 7) is 40.9. The Morgan fingerprint density at radius 2 is 0.660 bits per heavy atom. The lowest BCUT2D eigenvalue weighted by Crippen LogP contribution is -2.36. The van der Waals surface area contributed by atoms with Crippen molar-refractivity contribution in [2.24, 2.45) is 23.7 Å².